The molecular formula is C18H19N3O6S. The zero-order valence-electron chi connectivity index (χ0n) is 15.0. The van der Waals surface area contributed by atoms with Crippen LogP contribution in [0.15, 0.2) is 56.6 Å². The van der Waals surface area contributed by atoms with Crippen LogP contribution < -0.4 is 20.9 Å². The molecule has 28 heavy (non-hydrogen) atoms. The van der Waals surface area contributed by atoms with Gasteiger partial charge in [-0.1, -0.05) is 12.1 Å². The summed E-state index contributed by atoms with van der Waals surface area (Å²) in [6.07, 6.45) is 0.524. The largest absolute Gasteiger partial charge is 0.495 e. The van der Waals surface area contributed by atoms with Gasteiger partial charge in [-0.15, -0.1) is 0 Å². The lowest BCUT2D eigenvalue weighted by molar-refractivity contribution is -0.116. The Morgan fingerprint density at radius 2 is 2.00 bits per heavy atom. The lowest BCUT2D eigenvalue weighted by Crippen LogP contribution is -2.18. The number of amides is 1. The minimum atomic E-state index is -4.00. The summed E-state index contributed by atoms with van der Waals surface area (Å²) in [7, 11) is -2.68. The SMILES string of the molecule is COc1ccc(NC(=O)CCCn2c(=O)oc3ccccc32)cc1S(N)(=O)=O. The molecule has 1 heterocycles. The molecule has 0 saturated heterocycles. The molecule has 0 spiro atoms. The van der Waals surface area contributed by atoms with Crippen molar-refractivity contribution in [2.45, 2.75) is 24.3 Å². The van der Waals surface area contributed by atoms with E-state index in [1.54, 1.807) is 24.3 Å². The standard InChI is InChI=1S/C18H19N3O6S/c1-26-15-9-8-12(11-16(15)28(19,24)25)20-17(22)7-4-10-21-13-5-2-3-6-14(13)27-18(21)23/h2-3,5-6,8-9,11H,4,7,10H2,1H3,(H,20,22)(H2,19,24,25). The Kier molecular flexibility index (Phi) is 5.52. The van der Waals surface area contributed by atoms with Gasteiger partial charge in [-0.2, -0.15) is 0 Å². The van der Waals surface area contributed by atoms with Gasteiger partial charge in [-0.3, -0.25) is 9.36 Å². The minimum Gasteiger partial charge on any atom is -0.495 e. The number of oxazole rings is 1. The van der Waals surface area contributed by atoms with E-state index >= 15 is 0 Å². The fourth-order valence-corrected chi connectivity index (χ4v) is 3.55. The number of para-hydroxylation sites is 2. The highest BCUT2D eigenvalue weighted by atomic mass is 32.2. The smallest absolute Gasteiger partial charge is 0.419 e. The molecule has 148 valence electrons. The first-order valence-corrected chi connectivity index (χ1v) is 9.93. The number of fused-ring (bicyclic) bond motifs is 1. The molecule has 0 aliphatic carbocycles. The normalized spacial score (nSPS) is 11.5. The van der Waals surface area contributed by atoms with Gasteiger partial charge in [0.1, 0.15) is 10.6 Å². The summed E-state index contributed by atoms with van der Waals surface area (Å²) in [5.74, 6) is -0.715. The number of hydrogen-bond donors (Lipinski definition) is 2. The molecular weight excluding hydrogens is 386 g/mol. The molecule has 1 amide bonds. The topological polar surface area (TPSA) is 134 Å². The molecule has 9 nitrogen and oxygen atoms in total. The van der Waals surface area contributed by atoms with Crippen molar-refractivity contribution in [1.29, 1.82) is 0 Å². The maximum absolute atomic E-state index is 12.2. The molecule has 2 aromatic carbocycles. The third-order valence-electron chi connectivity index (χ3n) is 4.11. The van der Waals surface area contributed by atoms with Gasteiger partial charge in [0.2, 0.25) is 15.9 Å². The van der Waals surface area contributed by atoms with Crippen LogP contribution in [0.3, 0.4) is 0 Å². The van der Waals surface area contributed by atoms with Crippen LogP contribution in [0.2, 0.25) is 0 Å². The van der Waals surface area contributed by atoms with Crippen molar-refractivity contribution in [2.24, 2.45) is 5.14 Å². The van der Waals surface area contributed by atoms with Gasteiger partial charge in [0.05, 0.1) is 12.6 Å². The molecule has 10 heteroatoms. The van der Waals surface area contributed by atoms with Crippen molar-refractivity contribution >= 4 is 32.7 Å². The first-order valence-electron chi connectivity index (χ1n) is 8.38. The summed E-state index contributed by atoms with van der Waals surface area (Å²) >= 11 is 0. The fraction of sp³-hybridized carbons (Fsp3) is 0.222. The highest BCUT2D eigenvalue weighted by Gasteiger charge is 2.16. The molecule has 0 atom stereocenters. The van der Waals surface area contributed by atoms with Crippen molar-refractivity contribution in [3.05, 3.63) is 53.0 Å². The first-order chi connectivity index (χ1) is 13.3. The Morgan fingerprint density at radius 3 is 2.71 bits per heavy atom. The van der Waals surface area contributed by atoms with Gasteiger partial charge in [0, 0.05) is 18.7 Å². The number of methoxy groups -OCH3 is 1. The Hall–Kier alpha value is -3.11. The number of nitrogens with zero attached hydrogens (tertiary/aromatic N) is 1. The van der Waals surface area contributed by atoms with E-state index in [9.17, 15) is 18.0 Å². The van der Waals surface area contributed by atoms with Crippen molar-refractivity contribution < 1.29 is 22.4 Å². The van der Waals surface area contributed by atoms with E-state index < -0.39 is 15.8 Å². The maximum Gasteiger partial charge on any atom is 0.419 e. The van der Waals surface area contributed by atoms with Gasteiger partial charge in [-0.25, -0.2) is 18.4 Å². The Bertz CT molecular complexity index is 1180. The number of rotatable bonds is 7. The van der Waals surface area contributed by atoms with E-state index in [0.29, 0.717) is 24.1 Å². The van der Waals surface area contributed by atoms with Crippen LogP contribution in [0.1, 0.15) is 12.8 Å². The Morgan fingerprint density at radius 1 is 1.25 bits per heavy atom. The monoisotopic (exact) mass is 405 g/mol. The van der Waals surface area contributed by atoms with Crippen molar-refractivity contribution in [3.8, 4) is 5.75 Å². The van der Waals surface area contributed by atoms with Crippen molar-refractivity contribution in [1.82, 2.24) is 4.57 Å². The molecule has 3 aromatic rings. The number of primary sulfonamides is 1. The number of nitrogens with two attached hydrogens (primary N) is 1. The third-order valence-corrected chi connectivity index (χ3v) is 5.05. The zero-order valence-corrected chi connectivity index (χ0v) is 15.9. The fourth-order valence-electron chi connectivity index (χ4n) is 2.82. The van der Waals surface area contributed by atoms with E-state index in [1.807, 2.05) is 0 Å². The Labute approximate surface area is 160 Å². The quantitative estimate of drug-likeness (QED) is 0.614. The summed E-state index contributed by atoms with van der Waals surface area (Å²) in [4.78, 5) is 23.9. The summed E-state index contributed by atoms with van der Waals surface area (Å²) in [6.45, 7) is 0.314. The van der Waals surface area contributed by atoms with E-state index in [-0.39, 0.29) is 28.7 Å². The first kappa shape index (κ1) is 19.6. The number of ether oxygens (including phenoxy) is 1. The van der Waals surface area contributed by atoms with Crippen LogP contribution in [0.4, 0.5) is 5.69 Å². The molecule has 0 aliphatic heterocycles. The van der Waals surface area contributed by atoms with Gasteiger partial charge >= 0.3 is 5.76 Å². The number of benzene rings is 2. The van der Waals surface area contributed by atoms with Crippen molar-refractivity contribution in [2.75, 3.05) is 12.4 Å². The average molecular weight is 405 g/mol. The second kappa shape index (κ2) is 7.87. The summed E-state index contributed by atoms with van der Waals surface area (Å²) in [6, 6.07) is 11.2. The lowest BCUT2D eigenvalue weighted by Gasteiger charge is -2.10. The van der Waals surface area contributed by atoms with E-state index in [2.05, 4.69) is 5.32 Å². The van der Waals surface area contributed by atoms with Gasteiger partial charge in [0.15, 0.2) is 5.58 Å². The molecule has 0 saturated carbocycles. The molecule has 0 aliphatic rings. The predicted octanol–water partition coefficient (Wildman–Crippen LogP) is 1.67. The lowest BCUT2D eigenvalue weighted by atomic mass is 10.2. The van der Waals surface area contributed by atoms with Gasteiger partial charge in [0.25, 0.3) is 0 Å². The molecule has 3 rings (SSSR count). The molecule has 1 aromatic heterocycles. The van der Waals surface area contributed by atoms with Gasteiger partial charge in [-0.05, 0) is 36.8 Å². The van der Waals surface area contributed by atoms with E-state index in [0.717, 1.165) is 0 Å². The number of carbonyl (C=O) groups excluding carboxylic acids is 1. The highest BCUT2D eigenvalue weighted by molar-refractivity contribution is 7.89. The predicted molar refractivity (Wildman–Crippen MR) is 103 cm³/mol. The third kappa shape index (κ3) is 4.24. The average Bonchev–Trinajstić information content (AvgIpc) is 2.96. The number of hydrogen-bond acceptors (Lipinski definition) is 6. The van der Waals surface area contributed by atoms with Crippen LogP contribution in [-0.4, -0.2) is 26.0 Å². The zero-order chi connectivity index (χ0) is 20.3. The molecule has 0 unspecified atom stereocenters. The number of nitrogens with one attached hydrogen (secondary N) is 1. The number of anilines is 1. The number of aromatic nitrogens is 1. The Balaban J connectivity index is 1.65. The molecule has 3 N–H and O–H groups in total. The molecule has 0 fully saturated rings. The van der Waals surface area contributed by atoms with Crippen LogP contribution in [0.5, 0.6) is 5.75 Å². The van der Waals surface area contributed by atoms with Crippen LogP contribution in [0, 0.1) is 0 Å². The van der Waals surface area contributed by atoms with Crippen LogP contribution >= 0.6 is 0 Å². The second-order valence-electron chi connectivity index (χ2n) is 6.05. The molecule has 0 bridgehead atoms. The maximum atomic E-state index is 12.2. The summed E-state index contributed by atoms with van der Waals surface area (Å²) in [5, 5.41) is 7.78. The van der Waals surface area contributed by atoms with Crippen LogP contribution in [0.25, 0.3) is 11.1 Å². The number of sulfonamides is 1. The van der Waals surface area contributed by atoms with Crippen LogP contribution in [-0.2, 0) is 21.4 Å². The molecule has 0 radical (unpaired) electrons. The second-order valence-corrected chi connectivity index (χ2v) is 7.58. The van der Waals surface area contributed by atoms with Gasteiger partial charge < -0.3 is 14.5 Å². The highest BCUT2D eigenvalue weighted by Crippen LogP contribution is 2.26. The minimum absolute atomic E-state index is 0.0895. The number of aryl methyl sites for hydroxylation is 1. The van der Waals surface area contributed by atoms with E-state index in [1.165, 1.54) is 29.9 Å². The summed E-state index contributed by atoms with van der Waals surface area (Å²) in [5.41, 5.74) is 1.44. The number of carbonyl (C=O) groups is 1. The van der Waals surface area contributed by atoms with Crippen molar-refractivity contribution in [3.63, 3.8) is 0 Å². The van der Waals surface area contributed by atoms with E-state index in [4.69, 9.17) is 14.3 Å². The summed E-state index contributed by atoms with van der Waals surface area (Å²) < 4.78 is 34.9.